The summed E-state index contributed by atoms with van der Waals surface area (Å²) in [6, 6.07) is 1.33. The number of benzene rings is 1. The van der Waals surface area contributed by atoms with E-state index in [1.165, 1.54) is 12.1 Å². The molecule has 0 spiro atoms. The van der Waals surface area contributed by atoms with Gasteiger partial charge < -0.3 is 14.6 Å². The van der Waals surface area contributed by atoms with Crippen LogP contribution in [-0.2, 0) is 22.8 Å². The predicted molar refractivity (Wildman–Crippen MR) is 103 cm³/mol. The predicted octanol–water partition coefficient (Wildman–Crippen LogP) is 3.75. The molecule has 0 saturated heterocycles. The molecule has 1 heterocycles. The summed E-state index contributed by atoms with van der Waals surface area (Å²) >= 11 is 12.2. The first-order valence-electron chi connectivity index (χ1n) is 8.03. The van der Waals surface area contributed by atoms with Gasteiger partial charge in [-0.05, 0) is 19.1 Å². The number of ether oxygens (including phenoxy) is 1. The van der Waals surface area contributed by atoms with Crippen LogP contribution in [0.15, 0.2) is 23.1 Å². The second kappa shape index (κ2) is 8.76. The molecule has 0 amide bonds. The second-order valence-corrected chi connectivity index (χ2v) is 6.48. The Balaban J connectivity index is 2.55. The number of terminal acetylenes is 1. The first-order valence-corrected chi connectivity index (χ1v) is 8.78. The Morgan fingerprint density at radius 2 is 2.03 bits per heavy atom. The highest BCUT2D eigenvalue weighted by Crippen LogP contribution is 2.35. The molecular weight excluding hydrogens is 434 g/mol. The average Bonchev–Trinajstić information content (AvgIpc) is 2.63. The molecule has 0 bridgehead atoms. The van der Waals surface area contributed by atoms with Crippen molar-refractivity contribution in [2.45, 2.75) is 19.1 Å². The van der Waals surface area contributed by atoms with Crippen LogP contribution >= 0.6 is 23.2 Å². The van der Waals surface area contributed by atoms with E-state index in [0.29, 0.717) is 10.8 Å². The van der Waals surface area contributed by atoms with Crippen molar-refractivity contribution in [3.63, 3.8) is 0 Å². The van der Waals surface area contributed by atoms with Gasteiger partial charge in [-0.2, -0.15) is 13.2 Å². The van der Waals surface area contributed by atoms with Crippen LogP contribution in [0, 0.1) is 12.3 Å². The molecule has 154 valence electrons. The third-order valence-corrected chi connectivity index (χ3v) is 4.40. The van der Waals surface area contributed by atoms with Gasteiger partial charge in [0.2, 0.25) is 0 Å². The number of nitrogens with one attached hydrogen (secondary N) is 1. The number of alkyl halides is 3. The molecule has 1 unspecified atom stereocenters. The quantitative estimate of drug-likeness (QED) is 0.558. The molecule has 0 saturated carbocycles. The van der Waals surface area contributed by atoms with Gasteiger partial charge in [-0.25, -0.2) is 9.78 Å². The van der Waals surface area contributed by atoms with Gasteiger partial charge in [0.25, 0.3) is 5.56 Å². The number of carbonyl (C=O) groups excluding carboxylic acids is 1. The largest absolute Gasteiger partial charge is 0.464 e. The number of esters is 1. The molecule has 0 fully saturated rings. The highest BCUT2D eigenvalue weighted by molar-refractivity contribution is 6.38. The van der Waals surface area contributed by atoms with E-state index in [1.54, 1.807) is 6.92 Å². The molecule has 1 aromatic carbocycles. The van der Waals surface area contributed by atoms with Crippen LogP contribution in [-0.4, -0.2) is 28.2 Å². The minimum Gasteiger partial charge on any atom is -0.464 e. The van der Waals surface area contributed by atoms with E-state index < -0.39 is 29.4 Å². The van der Waals surface area contributed by atoms with Crippen LogP contribution in [0.5, 0.6) is 0 Å². The van der Waals surface area contributed by atoms with Crippen LogP contribution < -0.4 is 10.9 Å². The van der Waals surface area contributed by atoms with Gasteiger partial charge in [0, 0.05) is 12.6 Å². The number of nitrogens with zero attached hydrogens (tertiary/aromatic N) is 2. The van der Waals surface area contributed by atoms with E-state index in [4.69, 9.17) is 34.4 Å². The van der Waals surface area contributed by atoms with E-state index in [2.05, 4.69) is 16.2 Å². The normalized spacial score (nSPS) is 12.2. The van der Waals surface area contributed by atoms with Gasteiger partial charge in [-0.1, -0.05) is 29.1 Å². The van der Waals surface area contributed by atoms with Crippen molar-refractivity contribution in [3.8, 4) is 23.6 Å². The number of aromatic nitrogens is 2. The minimum atomic E-state index is -4.75. The summed E-state index contributed by atoms with van der Waals surface area (Å²) in [4.78, 5) is 27.9. The molecule has 6 nitrogen and oxygen atoms in total. The number of carbonyl (C=O) groups is 1. The van der Waals surface area contributed by atoms with Crippen LogP contribution in [0.4, 0.5) is 18.9 Å². The molecule has 2 rings (SSSR count). The van der Waals surface area contributed by atoms with Crippen LogP contribution in [0.2, 0.25) is 10.0 Å². The molecule has 1 atom stereocenters. The van der Waals surface area contributed by atoms with Gasteiger partial charge in [0.15, 0.2) is 6.04 Å². The summed E-state index contributed by atoms with van der Waals surface area (Å²) in [5.41, 5.74) is -2.45. The minimum absolute atomic E-state index is 0.00696. The summed E-state index contributed by atoms with van der Waals surface area (Å²) in [7, 11) is 0.967. The fourth-order valence-corrected chi connectivity index (χ4v) is 2.90. The molecule has 0 aliphatic heterocycles. The molecule has 0 aliphatic rings. The first-order chi connectivity index (χ1) is 13.5. The average molecular weight is 448 g/mol. The highest BCUT2D eigenvalue weighted by Gasteiger charge is 2.35. The highest BCUT2D eigenvalue weighted by atomic mass is 35.5. The monoisotopic (exact) mass is 447 g/mol. The fraction of sp³-hybridized carbons (Fsp3) is 0.278. The van der Waals surface area contributed by atoms with Crippen LogP contribution in [0.3, 0.4) is 0 Å². The van der Waals surface area contributed by atoms with Crippen molar-refractivity contribution in [1.29, 1.82) is 0 Å². The number of anilines is 1. The van der Waals surface area contributed by atoms with E-state index in [9.17, 15) is 22.8 Å². The van der Waals surface area contributed by atoms with Crippen LogP contribution in [0.1, 0.15) is 12.6 Å². The summed E-state index contributed by atoms with van der Waals surface area (Å²) < 4.78 is 44.2. The smallest absolute Gasteiger partial charge is 0.433 e. The Kier molecular flexibility index (Phi) is 6.82. The molecule has 1 N–H and O–H groups in total. The molecule has 2 aromatic rings. The van der Waals surface area contributed by atoms with Crippen molar-refractivity contribution in [3.05, 3.63) is 44.4 Å². The Labute approximate surface area is 173 Å². The lowest BCUT2D eigenvalue weighted by Crippen LogP contribution is -2.30. The third-order valence-electron chi connectivity index (χ3n) is 3.78. The molecule has 29 heavy (non-hydrogen) atoms. The maximum atomic E-state index is 13.0. The van der Waals surface area contributed by atoms with Crippen LogP contribution in [0.25, 0.3) is 11.3 Å². The van der Waals surface area contributed by atoms with E-state index in [1.807, 2.05) is 0 Å². The maximum Gasteiger partial charge on any atom is 0.433 e. The summed E-state index contributed by atoms with van der Waals surface area (Å²) in [6.45, 7) is 1.70. The molecular formula is C18H14Cl2F3N3O3. The zero-order chi connectivity index (χ0) is 21.9. The topological polar surface area (TPSA) is 73.2 Å². The fourth-order valence-electron chi connectivity index (χ4n) is 2.37. The van der Waals surface area contributed by atoms with E-state index in [0.717, 1.165) is 7.05 Å². The number of hydrogen-bond acceptors (Lipinski definition) is 5. The number of hydrogen-bond donors (Lipinski definition) is 1. The number of rotatable bonds is 5. The second-order valence-electron chi connectivity index (χ2n) is 5.66. The zero-order valence-electron chi connectivity index (χ0n) is 15.1. The Hall–Kier alpha value is -2.70. The SMILES string of the molecule is C#CC(Nc1cc(-c2ncc(C(F)(F)F)n(C)c2=O)c(Cl)cc1Cl)C(=O)OCC. The van der Waals surface area contributed by atoms with Crippen molar-refractivity contribution in [2.24, 2.45) is 7.05 Å². The van der Waals surface area contributed by atoms with E-state index >= 15 is 0 Å². The van der Waals surface area contributed by atoms with Crippen molar-refractivity contribution >= 4 is 34.9 Å². The zero-order valence-corrected chi connectivity index (χ0v) is 16.6. The molecule has 1 aromatic heterocycles. The lowest BCUT2D eigenvalue weighted by Gasteiger charge is -2.17. The third kappa shape index (κ3) is 4.83. The summed E-state index contributed by atoms with van der Waals surface area (Å²) in [5, 5.41) is 2.70. The number of halogens is 5. The maximum absolute atomic E-state index is 13.0. The summed E-state index contributed by atoms with van der Waals surface area (Å²) in [6.07, 6.45) is 1.10. The van der Waals surface area contributed by atoms with Crippen molar-refractivity contribution in [2.75, 3.05) is 11.9 Å². The standard InChI is InChI=1S/C18H14Cl2F3N3O3/c1-4-12(17(28)29-5-2)25-13-6-9(10(19)7-11(13)20)15-16(27)26(3)14(8-24-15)18(21,22)23/h1,6-8,12,25H,5H2,2-3H3. The lowest BCUT2D eigenvalue weighted by atomic mass is 10.1. The molecule has 0 radical (unpaired) electrons. The van der Waals surface area contributed by atoms with Gasteiger partial charge in [-0.3, -0.25) is 4.79 Å². The molecule has 11 heteroatoms. The summed E-state index contributed by atoms with van der Waals surface area (Å²) in [5.74, 6) is 1.47. The van der Waals surface area contributed by atoms with Gasteiger partial charge in [0.05, 0.1) is 28.5 Å². The Bertz CT molecular complexity index is 1050. The molecule has 0 aliphatic carbocycles. The van der Waals surface area contributed by atoms with E-state index in [-0.39, 0.29) is 33.6 Å². The van der Waals surface area contributed by atoms with Crippen molar-refractivity contribution < 1.29 is 22.7 Å². The lowest BCUT2D eigenvalue weighted by molar-refractivity contribution is -0.144. The van der Waals surface area contributed by atoms with Gasteiger partial charge in [0.1, 0.15) is 11.4 Å². The van der Waals surface area contributed by atoms with Gasteiger partial charge in [-0.15, -0.1) is 6.42 Å². The van der Waals surface area contributed by atoms with Gasteiger partial charge >= 0.3 is 12.1 Å². The van der Waals surface area contributed by atoms with Crippen molar-refractivity contribution in [1.82, 2.24) is 9.55 Å². The Morgan fingerprint density at radius 1 is 1.38 bits per heavy atom. The first kappa shape index (κ1) is 22.6. The Morgan fingerprint density at radius 3 is 2.59 bits per heavy atom.